The van der Waals surface area contributed by atoms with Gasteiger partial charge in [-0.05, 0) is 68.6 Å². The molecule has 0 bridgehead atoms. The molecule has 2 rings (SSSR count). The third kappa shape index (κ3) is 3.23. The van der Waals surface area contributed by atoms with E-state index in [1.165, 1.54) is 11.3 Å². The Labute approximate surface area is 134 Å². The number of carbonyl (C=O) groups excluding carboxylic acids is 1. The molecule has 94 valence electrons. The Morgan fingerprint density at radius 2 is 1.94 bits per heavy atom. The molecule has 0 atom stereocenters. The fourth-order valence-corrected chi connectivity index (χ4v) is 3.92. The van der Waals surface area contributed by atoms with Crippen LogP contribution >= 0.6 is 59.1 Å². The lowest BCUT2D eigenvalue weighted by molar-refractivity contribution is 0.103. The van der Waals surface area contributed by atoms with E-state index < -0.39 is 0 Å². The first-order chi connectivity index (χ1) is 8.47. The number of benzene rings is 1. The van der Waals surface area contributed by atoms with Crippen LogP contribution in [0.25, 0.3) is 0 Å². The number of amides is 1. The molecule has 0 saturated heterocycles. The molecule has 18 heavy (non-hydrogen) atoms. The average Bonchev–Trinajstić information content (AvgIpc) is 2.63. The predicted octanol–water partition coefficient (Wildman–Crippen LogP) is 5.60. The van der Waals surface area contributed by atoms with E-state index in [0.717, 1.165) is 24.0 Å². The number of hydrogen-bond acceptors (Lipinski definition) is 2. The molecule has 0 fully saturated rings. The third-order valence-electron chi connectivity index (χ3n) is 2.26. The molecule has 0 saturated carbocycles. The number of halogens is 3. The van der Waals surface area contributed by atoms with E-state index in [1.54, 1.807) is 0 Å². The molecule has 1 N–H and O–H groups in total. The van der Waals surface area contributed by atoms with Gasteiger partial charge in [0.15, 0.2) is 0 Å². The number of hydrogen-bond donors (Lipinski definition) is 1. The lowest BCUT2D eigenvalue weighted by Gasteiger charge is -2.06. The highest BCUT2D eigenvalue weighted by atomic mass is 79.9. The lowest BCUT2D eigenvalue weighted by atomic mass is 10.3. The summed E-state index contributed by atoms with van der Waals surface area (Å²) in [4.78, 5) is 12.8. The number of carbonyl (C=O) groups is 1. The van der Waals surface area contributed by atoms with Crippen LogP contribution in [-0.4, -0.2) is 5.91 Å². The third-order valence-corrected chi connectivity index (χ3v) is 5.55. The van der Waals surface area contributed by atoms with E-state index in [-0.39, 0.29) is 5.91 Å². The predicted molar refractivity (Wildman–Crippen MR) is 86.6 cm³/mol. The highest BCUT2D eigenvalue weighted by Crippen LogP contribution is 2.30. The molecule has 2 aromatic rings. The van der Waals surface area contributed by atoms with Gasteiger partial charge in [-0.2, -0.15) is 0 Å². The number of anilines is 1. The smallest absolute Gasteiger partial charge is 0.265 e. The second-order valence-corrected chi connectivity index (χ2v) is 7.79. The van der Waals surface area contributed by atoms with Crippen molar-refractivity contribution in [3.8, 4) is 0 Å². The Morgan fingerprint density at radius 3 is 2.50 bits per heavy atom. The zero-order chi connectivity index (χ0) is 13.3. The maximum atomic E-state index is 12.1. The first-order valence-electron chi connectivity index (χ1n) is 4.99. The number of rotatable bonds is 2. The number of thiophene rings is 1. The normalized spacial score (nSPS) is 10.4. The minimum Gasteiger partial charge on any atom is -0.320 e. The van der Waals surface area contributed by atoms with Gasteiger partial charge in [0.25, 0.3) is 5.91 Å². The Balaban J connectivity index is 2.21. The fraction of sp³-hybridized carbons (Fsp3) is 0.0833. The SMILES string of the molecule is Cc1cc(C(=O)Nc2ccc(Br)cc2Br)sc1Br. The van der Waals surface area contributed by atoms with Gasteiger partial charge in [-0.15, -0.1) is 11.3 Å². The van der Waals surface area contributed by atoms with Crippen molar-refractivity contribution in [1.29, 1.82) is 0 Å². The van der Waals surface area contributed by atoms with Gasteiger partial charge in [-0.1, -0.05) is 15.9 Å². The van der Waals surface area contributed by atoms with Crippen LogP contribution in [0.4, 0.5) is 5.69 Å². The molecule has 1 aromatic carbocycles. The molecule has 1 amide bonds. The van der Waals surface area contributed by atoms with Crippen molar-refractivity contribution in [2.24, 2.45) is 0 Å². The van der Waals surface area contributed by atoms with E-state index in [2.05, 4.69) is 53.1 Å². The minimum absolute atomic E-state index is 0.100. The molecule has 0 radical (unpaired) electrons. The van der Waals surface area contributed by atoms with Gasteiger partial charge in [-0.3, -0.25) is 4.79 Å². The van der Waals surface area contributed by atoms with Crippen molar-refractivity contribution < 1.29 is 4.79 Å². The topological polar surface area (TPSA) is 29.1 Å². The molecule has 0 unspecified atom stereocenters. The van der Waals surface area contributed by atoms with E-state index in [9.17, 15) is 4.79 Å². The van der Waals surface area contributed by atoms with Gasteiger partial charge in [0.05, 0.1) is 14.4 Å². The van der Waals surface area contributed by atoms with Crippen molar-refractivity contribution in [2.45, 2.75) is 6.92 Å². The van der Waals surface area contributed by atoms with Crippen LogP contribution < -0.4 is 5.32 Å². The zero-order valence-corrected chi connectivity index (χ0v) is 14.8. The molecule has 1 aromatic heterocycles. The molecule has 6 heteroatoms. The van der Waals surface area contributed by atoms with Crippen molar-refractivity contribution in [2.75, 3.05) is 5.32 Å². The van der Waals surface area contributed by atoms with E-state index >= 15 is 0 Å². The second-order valence-electron chi connectivity index (χ2n) is 3.65. The van der Waals surface area contributed by atoms with Gasteiger partial charge in [0, 0.05) is 8.95 Å². The molecule has 2 nitrogen and oxygen atoms in total. The zero-order valence-electron chi connectivity index (χ0n) is 9.26. The summed E-state index contributed by atoms with van der Waals surface area (Å²) in [5.41, 5.74) is 1.82. The summed E-state index contributed by atoms with van der Waals surface area (Å²) < 4.78 is 2.79. The fourth-order valence-electron chi connectivity index (χ4n) is 1.35. The van der Waals surface area contributed by atoms with Gasteiger partial charge in [0.2, 0.25) is 0 Å². The van der Waals surface area contributed by atoms with Crippen LogP contribution in [0.5, 0.6) is 0 Å². The number of nitrogens with one attached hydrogen (secondary N) is 1. The van der Waals surface area contributed by atoms with Gasteiger partial charge in [0.1, 0.15) is 0 Å². The Hall–Kier alpha value is -0.170. The van der Waals surface area contributed by atoms with Crippen molar-refractivity contribution in [1.82, 2.24) is 0 Å². The molecule has 0 spiro atoms. The average molecular weight is 454 g/mol. The van der Waals surface area contributed by atoms with Crippen LogP contribution in [0.15, 0.2) is 37.0 Å². The van der Waals surface area contributed by atoms with Crippen molar-refractivity contribution in [3.63, 3.8) is 0 Å². The monoisotopic (exact) mass is 451 g/mol. The highest BCUT2D eigenvalue weighted by Gasteiger charge is 2.12. The summed E-state index contributed by atoms with van der Waals surface area (Å²) in [5.74, 6) is -0.100. The van der Waals surface area contributed by atoms with Gasteiger partial charge < -0.3 is 5.32 Å². The van der Waals surface area contributed by atoms with E-state index in [0.29, 0.717) is 4.88 Å². The number of aryl methyl sites for hydroxylation is 1. The quantitative estimate of drug-likeness (QED) is 0.630. The summed E-state index contributed by atoms with van der Waals surface area (Å²) in [6.07, 6.45) is 0. The Bertz CT molecular complexity index is 590. The minimum atomic E-state index is -0.100. The molecular formula is C12H8Br3NOS. The van der Waals surface area contributed by atoms with Crippen molar-refractivity contribution in [3.05, 3.63) is 47.4 Å². The van der Waals surface area contributed by atoms with Crippen molar-refractivity contribution >= 4 is 70.7 Å². The summed E-state index contributed by atoms with van der Waals surface area (Å²) >= 11 is 11.6. The standard InChI is InChI=1S/C12H8Br3NOS/c1-6-4-10(18-11(6)15)12(17)16-9-3-2-7(13)5-8(9)14/h2-5H,1H3,(H,16,17). The molecule has 0 aliphatic carbocycles. The Morgan fingerprint density at radius 1 is 1.22 bits per heavy atom. The maximum absolute atomic E-state index is 12.1. The van der Waals surface area contributed by atoms with E-state index in [1.807, 2.05) is 31.2 Å². The molecule has 0 aliphatic rings. The van der Waals surface area contributed by atoms with Crippen LogP contribution in [-0.2, 0) is 0 Å². The largest absolute Gasteiger partial charge is 0.320 e. The second kappa shape index (κ2) is 5.86. The van der Waals surface area contributed by atoms with Crippen LogP contribution in [0.2, 0.25) is 0 Å². The first kappa shape index (κ1) is 14.2. The van der Waals surface area contributed by atoms with Crippen LogP contribution in [0, 0.1) is 6.92 Å². The van der Waals surface area contributed by atoms with Crippen LogP contribution in [0.1, 0.15) is 15.2 Å². The van der Waals surface area contributed by atoms with Gasteiger partial charge >= 0.3 is 0 Å². The molecular weight excluding hydrogens is 446 g/mol. The molecule has 0 aliphatic heterocycles. The first-order valence-corrected chi connectivity index (χ1v) is 8.19. The summed E-state index contributed by atoms with van der Waals surface area (Å²) in [6, 6.07) is 7.50. The summed E-state index contributed by atoms with van der Waals surface area (Å²) in [6.45, 7) is 1.97. The highest BCUT2D eigenvalue weighted by molar-refractivity contribution is 9.11. The summed E-state index contributed by atoms with van der Waals surface area (Å²) in [7, 11) is 0. The van der Waals surface area contributed by atoms with E-state index in [4.69, 9.17) is 0 Å². The molecule has 1 heterocycles. The lowest BCUT2D eigenvalue weighted by Crippen LogP contribution is -2.10. The maximum Gasteiger partial charge on any atom is 0.265 e. The Kier molecular flexibility index (Phi) is 4.64. The van der Waals surface area contributed by atoms with Gasteiger partial charge in [-0.25, -0.2) is 0 Å². The summed E-state index contributed by atoms with van der Waals surface area (Å²) in [5, 5.41) is 2.88. The van der Waals surface area contributed by atoms with Crippen LogP contribution in [0.3, 0.4) is 0 Å².